The summed E-state index contributed by atoms with van der Waals surface area (Å²) in [6.07, 6.45) is 4.56. The van der Waals surface area contributed by atoms with Crippen molar-refractivity contribution in [2.75, 3.05) is 11.9 Å². The molecule has 1 aliphatic rings. The molecule has 1 saturated heterocycles. The molecule has 0 bridgehead atoms. The third kappa shape index (κ3) is 4.49. The van der Waals surface area contributed by atoms with Gasteiger partial charge in [-0.3, -0.25) is 9.59 Å². The van der Waals surface area contributed by atoms with Crippen molar-refractivity contribution in [3.63, 3.8) is 0 Å². The lowest BCUT2D eigenvalue weighted by Gasteiger charge is -2.33. The average molecular weight is 310 g/mol. The highest BCUT2D eigenvalue weighted by Gasteiger charge is 2.23. The molecule has 2 amide bonds. The van der Waals surface area contributed by atoms with E-state index in [1.54, 1.807) is 0 Å². The van der Waals surface area contributed by atoms with Crippen molar-refractivity contribution < 1.29 is 9.59 Å². The lowest BCUT2D eigenvalue weighted by atomic mass is 10.0. The third-order valence-corrected chi connectivity index (χ3v) is 4.69. The number of aromatic nitrogens is 2. The molecule has 0 aliphatic carbocycles. The van der Waals surface area contributed by atoms with Gasteiger partial charge in [-0.2, -0.15) is 0 Å². The SMILES string of the molecule is CCc1nnc(NC(=O)CCC(=O)N2CCCC[C@@H]2C)s1. The maximum atomic E-state index is 12.1. The molecule has 0 spiro atoms. The van der Waals surface area contributed by atoms with Crippen molar-refractivity contribution in [2.24, 2.45) is 0 Å². The van der Waals surface area contributed by atoms with Crippen LogP contribution in [-0.2, 0) is 16.0 Å². The number of rotatable bonds is 5. The van der Waals surface area contributed by atoms with Gasteiger partial charge in [0, 0.05) is 25.4 Å². The Morgan fingerprint density at radius 3 is 2.81 bits per heavy atom. The Labute approximate surface area is 128 Å². The first-order valence-electron chi connectivity index (χ1n) is 7.52. The minimum absolute atomic E-state index is 0.0730. The highest BCUT2D eigenvalue weighted by atomic mass is 32.1. The monoisotopic (exact) mass is 310 g/mol. The zero-order chi connectivity index (χ0) is 15.2. The molecular formula is C14H22N4O2S. The number of hydrogen-bond donors (Lipinski definition) is 1. The molecule has 1 aliphatic heterocycles. The smallest absolute Gasteiger partial charge is 0.226 e. The van der Waals surface area contributed by atoms with E-state index in [2.05, 4.69) is 22.4 Å². The topological polar surface area (TPSA) is 75.2 Å². The fourth-order valence-electron chi connectivity index (χ4n) is 2.46. The van der Waals surface area contributed by atoms with Crippen LogP contribution in [-0.4, -0.2) is 39.5 Å². The summed E-state index contributed by atoms with van der Waals surface area (Å²) in [5.74, 6) is -0.101. The molecule has 21 heavy (non-hydrogen) atoms. The van der Waals surface area contributed by atoms with E-state index in [4.69, 9.17) is 0 Å². The Kier molecular flexibility index (Phi) is 5.67. The van der Waals surface area contributed by atoms with Crippen LogP contribution >= 0.6 is 11.3 Å². The van der Waals surface area contributed by atoms with Crippen molar-refractivity contribution >= 4 is 28.3 Å². The number of amides is 2. The third-order valence-electron chi connectivity index (χ3n) is 3.70. The zero-order valence-corrected chi connectivity index (χ0v) is 13.4. The van der Waals surface area contributed by atoms with Gasteiger partial charge in [-0.15, -0.1) is 10.2 Å². The van der Waals surface area contributed by atoms with Crippen molar-refractivity contribution in [1.82, 2.24) is 15.1 Å². The standard InChI is InChI=1S/C14H22N4O2S/c1-3-12-16-17-14(21-12)15-11(19)7-8-13(20)18-9-5-4-6-10(18)2/h10H,3-9H2,1-2H3,(H,15,17,19)/t10-/m0/s1. The van der Waals surface area contributed by atoms with E-state index in [1.807, 2.05) is 11.8 Å². The molecule has 1 fully saturated rings. The molecule has 0 radical (unpaired) electrons. The first kappa shape index (κ1) is 15.9. The van der Waals surface area contributed by atoms with E-state index >= 15 is 0 Å². The molecule has 2 rings (SSSR count). The van der Waals surface area contributed by atoms with Gasteiger partial charge in [0.15, 0.2) is 0 Å². The van der Waals surface area contributed by atoms with Crippen LogP contribution in [0.1, 0.15) is 51.0 Å². The van der Waals surface area contributed by atoms with Crippen molar-refractivity contribution in [3.05, 3.63) is 5.01 Å². The maximum absolute atomic E-state index is 12.1. The summed E-state index contributed by atoms with van der Waals surface area (Å²) in [7, 11) is 0. The molecule has 7 heteroatoms. The summed E-state index contributed by atoms with van der Waals surface area (Å²) in [6, 6.07) is 0.296. The Hall–Kier alpha value is -1.50. The van der Waals surface area contributed by atoms with Gasteiger partial charge in [-0.25, -0.2) is 0 Å². The molecule has 2 heterocycles. The number of piperidine rings is 1. The maximum Gasteiger partial charge on any atom is 0.226 e. The van der Waals surface area contributed by atoms with Crippen molar-refractivity contribution in [3.8, 4) is 0 Å². The van der Waals surface area contributed by atoms with Crippen LogP contribution in [0.5, 0.6) is 0 Å². The Morgan fingerprint density at radius 1 is 1.33 bits per heavy atom. The molecule has 1 aromatic rings. The van der Waals surface area contributed by atoms with Crippen LogP contribution in [0.25, 0.3) is 0 Å². The summed E-state index contributed by atoms with van der Waals surface area (Å²) in [5, 5.41) is 11.9. The molecule has 1 aromatic heterocycles. The second-order valence-electron chi connectivity index (χ2n) is 5.33. The zero-order valence-electron chi connectivity index (χ0n) is 12.6. The lowest BCUT2D eigenvalue weighted by molar-refractivity contribution is -0.135. The largest absolute Gasteiger partial charge is 0.340 e. The number of aryl methyl sites for hydroxylation is 1. The van der Waals surface area contributed by atoms with Crippen molar-refractivity contribution in [1.29, 1.82) is 0 Å². The van der Waals surface area contributed by atoms with Gasteiger partial charge in [0.1, 0.15) is 5.01 Å². The molecule has 0 unspecified atom stereocenters. The first-order valence-corrected chi connectivity index (χ1v) is 8.33. The normalized spacial score (nSPS) is 18.6. The fraction of sp³-hybridized carbons (Fsp3) is 0.714. The molecule has 0 aromatic carbocycles. The molecule has 1 N–H and O–H groups in total. The molecule has 116 valence electrons. The van der Waals surface area contributed by atoms with Crippen LogP contribution in [0, 0.1) is 0 Å². The first-order chi connectivity index (χ1) is 10.1. The Morgan fingerprint density at radius 2 is 2.14 bits per heavy atom. The summed E-state index contributed by atoms with van der Waals surface area (Å²) < 4.78 is 0. The van der Waals surface area contributed by atoms with Crippen LogP contribution in [0.15, 0.2) is 0 Å². The number of anilines is 1. The van der Waals surface area contributed by atoms with E-state index in [0.717, 1.165) is 30.8 Å². The van der Waals surface area contributed by atoms with Gasteiger partial charge in [-0.05, 0) is 32.6 Å². The number of likely N-dealkylation sites (tertiary alicyclic amines) is 1. The molecule has 0 saturated carbocycles. The quantitative estimate of drug-likeness (QED) is 0.905. The van der Waals surface area contributed by atoms with E-state index in [-0.39, 0.29) is 24.7 Å². The molecule has 1 atom stereocenters. The van der Waals surface area contributed by atoms with Gasteiger partial charge in [-0.1, -0.05) is 18.3 Å². The van der Waals surface area contributed by atoms with Crippen LogP contribution < -0.4 is 5.32 Å². The van der Waals surface area contributed by atoms with Gasteiger partial charge in [0.25, 0.3) is 0 Å². The number of hydrogen-bond acceptors (Lipinski definition) is 5. The summed E-state index contributed by atoms with van der Waals surface area (Å²) in [4.78, 5) is 25.9. The number of nitrogens with zero attached hydrogens (tertiary/aromatic N) is 3. The van der Waals surface area contributed by atoms with Crippen LogP contribution in [0.4, 0.5) is 5.13 Å². The van der Waals surface area contributed by atoms with Gasteiger partial charge in [0.05, 0.1) is 0 Å². The highest BCUT2D eigenvalue weighted by Crippen LogP contribution is 2.18. The fourth-order valence-corrected chi connectivity index (χ4v) is 3.16. The van der Waals surface area contributed by atoms with E-state index < -0.39 is 0 Å². The van der Waals surface area contributed by atoms with Gasteiger partial charge < -0.3 is 10.2 Å². The van der Waals surface area contributed by atoms with Gasteiger partial charge in [0.2, 0.25) is 16.9 Å². The summed E-state index contributed by atoms with van der Waals surface area (Å²) >= 11 is 1.37. The molecule has 6 nitrogen and oxygen atoms in total. The van der Waals surface area contributed by atoms with E-state index in [0.29, 0.717) is 11.2 Å². The number of nitrogens with one attached hydrogen (secondary N) is 1. The van der Waals surface area contributed by atoms with E-state index in [1.165, 1.54) is 17.8 Å². The van der Waals surface area contributed by atoms with Gasteiger partial charge >= 0.3 is 0 Å². The number of carbonyl (C=O) groups is 2. The highest BCUT2D eigenvalue weighted by molar-refractivity contribution is 7.15. The van der Waals surface area contributed by atoms with Crippen LogP contribution in [0.3, 0.4) is 0 Å². The van der Waals surface area contributed by atoms with Crippen LogP contribution in [0.2, 0.25) is 0 Å². The van der Waals surface area contributed by atoms with Crippen molar-refractivity contribution in [2.45, 2.75) is 58.4 Å². The minimum Gasteiger partial charge on any atom is -0.340 e. The second-order valence-corrected chi connectivity index (χ2v) is 6.40. The van der Waals surface area contributed by atoms with E-state index in [9.17, 15) is 9.59 Å². The second kappa shape index (κ2) is 7.49. The predicted octanol–water partition coefficient (Wildman–Crippen LogP) is 2.22. The predicted molar refractivity (Wildman–Crippen MR) is 82.2 cm³/mol. The number of carbonyl (C=O) groups excluding carboxylic acids is 2. The molecular weight excluding hydrogens is 288 g/mol. The minimum atomic E-state index is -0.174. The summed E-state index contributed by atoms with van der Waals surface area (Å²) in [5.41, 5.74) is 0. The lowest BCUT2D eigenvalue weighted by Crippen LogP contribution is -2.42. The Balaban J connectivity index is 1.76. The average Bonchev–Trinajstić information content (AvgIpc) is 2.93. The Bertz CT molecular complexity index is 503. The summed E-state index contributed by atoms with van der Waals surface area (Å²) in [6.45, 7) is 4.88.